The number of methoxy groups -OCH3 is 1. The Morgan fingerprint density at radius 3 is 2.65 bits per heavy atom. The van der Waals surface area contributed by atoms with Crippen molar-refractivity contribution in [2.24, 2.45) is 0 Å². The highest BCUT2D eigenvalue weighted by atomic mass is 35.5. The van der Waals surface area contributed by atoms with Crippen LogP contribution in [0.4, 0.5) is 11.5 Å². The standard InChI is InChI=1S/C13H13ClN2O/c1-16(13-8-4-7-12(14)15-13)10-5-3-6-11(9-10)17-2/h3-9H,1-2H3. The zero-order valence-electron chi connectivity index (χ0n) is 9.72. The molecule has 0 atom stereocenters. The maximum atomic E-state index is 5.87. The maximum absolute atomic E-state index is 5.87. The molecular formula is C13H13ClN2O. The minimum Gasteiger partial charge on any atom is -0.497 e. The summed E-state index contributed by atoms with van der Waals surface area (Å²) in [4.78, 5) is 6.21. The average molecular weight is 249 g/mol. The first-order valence-electron chi connectivity index (χ1n) is 5.21. The molecule has 0 radical (unpaired) electrons. The molecule has 3 nitrogen and oxygen atoms in total. The number of hydrogen-bond acceptors (Lipinski definition) is 3. The quantitative estimate of drug-likeness (QED) is 0.778. The third-order valence-corrected chi connectivity index (χ3v) is 2.70. The van der Waals surface area contributed by atoms with E-state index >= 15 is 0 Å². The van der Waals surface area contributed by atoms with Crippen LogP contribution in [-0.4, -0.2) is 19.1 Å². The van der Waals surface area contributed by atoms with Gasteiger partial charge >= 0.3 is 0 Å². The summed E-state index contributed by atoms with van der Waals surface area (Å²) in [6.45, 7) is 0. The summed E-state index contributed by atoms with van der Waals surface area (Å²) >= 11 is 5.87. The molecule has 0 N–H and O–H groups in total. The summed E-state index contributed by atoms with van der Waals surface area (Å²) in [6, 6.07) is 13.3. The molecule has 1 aromatic heterocycles. The van der Waals surface area contributed by atoms with Gasteiger partial charge in [0.1, 0.15) is 16.7 Å². The van der Waals surface area contributed by atoms with E-state index in [2.05, 4.69) is 4.98 Å². The molecule has 0 unspecified atom stereocenters. The predicted octanol–water partition coefficient (Wildman–Crippen LogP) is 3.51. The van der Waals surface area contributed by atoms with E-state index in [-0.39, 0.29) is 0 Å². The van der Waals surface area contributed by atoms with Crippen LogP contribution in [-0.2, 0) is 0 Å². The summed E-state index contributed by atoms with van der Waals surface area (Å²) in [7, 11) is 3.59. The Labute approximate surface area is 106 Å². The van der Waals surface area contributed by atoms with E-state index in [9.17, 15) is 0 Å². The SMILES string of the molecule is COc1cccc(N(C)c2cccc(Cl)n2)c1. The van der Waals surface area contributed by atoms with Crippen LogP contribution >= 0.6 is 11.6 Å². The van der Waals surface area contributed by atoms with Crippen molar-refractivity contribution in [2.45, 2.75) is 0 Å². The summed E-state index contributed by atoms with van der Waals surface area (Å²) in [6.07, 6.45) is 0. The molecule has 0 aliphatic carbocycles. The van der Waals surface area contributed by atoms with Crippen molar-refractivity contribution in [3.63, 3.8) is 0 Å². The lowest BCUT2D eigenvalue weighted by Gasteiger charge is -2.18. The Bertz CT molecular complexity index is 516. The second kappa shape index (κ2) is 5.06. The van der Waals surface area contributed by atoms with Crippen molar-refractivity contribution >= 4 is 23.1 Å². The van der Waals surface area contributed by atoms with Gasteiger partial charge in [-0.05, 0) is 24.3 Å². The van der Waals surface area contributed by atoms with Gasteiger partial charge in [0.2, 0.25) is 0 Å². The molecule has 0 saturated heterocycles. The third kappa shape index (κ3) is 2.68. The molecule has 0 spiro atoms. The van der Waals surface area contributed by atoms with Crippen LogP contribution < -0.4 is 9.64 Å². The number of benzene rings is 1. The molecule has 0 fully saturated rings. The Balaban J connectivity index is 2.33. The highest BCUT2D eigenvalue weighted by molar-refractivity contribution is 6.29. The molecule has 0 amide bonds. The van der Waals surface area contributed by atoms with E-state index in [0.717, 1.165) is 17.3 Å². The Morgan fingerprint density at radius 1 is 1.18 bits per heavy atom. The fourth-order valence-electron chi connectivity index (χ4n) is 1.54. The van der Waals surface area contributed by atoms with Crippen molar-refractivity contribution in [3.05, 3.63) is 47.6 Å². The molecule has 0 aliphatic heterocycles. The van der Waals surface area contributed by atoms with E-state index in [4.69, 9.17) is 16.3 Å². The van der Waals surface area contributed by atoms with Gasteiger partial charge in [-0.15, -0.1) is 0 Å². The Morgan fingerprint density at radius 2 is 1.94 bits per heavy atom. The van der Waals surface area contributed by atoms with E-state index in [1.54, 1.807) is 13.2 Å². The number of hydrogen-bond donors (Lipinski definition) is 0. The molecule has 4 heteroatoms. The van der Waals surface area contributed by atoms with Crippen LogP contribution in [0, 0.1) is 0 Å². The van der Waals surface area contributed by atoms with Gasteiger partial charge in [0.25, 0.3) is 0 Å². The van der Waals surface area contributed by atoms with Crippen LogP contribution in [0.5, 0.6) is 5.75 Å². The fraction of sp³-hybridized carbons (Fsp3) is 0.154. The Kier molecular flexibility index (Phi) is 3.49. The van der Waals surface area contributed by atoms with Crippen molar-refractivity contribution in [1.82, 2.24) is 4.98 Å². The van der Waals surface area contributed by atoms with E-state index < -0.39 is 0 Å². The first-order valence-corrected chi connectivity index (χ1v) is 5.59. The van der Waals surface area contributed by atoms with Crippen molar-refractivity contribution in [3.8, 4) is 5.75 Å². The van der Waals surface area contributed by atoms with Gasteiger partial charge in [-0.2, -0.15) is 0 Å². The first kappa shape index (κ1) is 11.7. The lowest BCUT2D eigenvalue weighted by molar-refractivity contribution is 0.415. The molecule has 0 aliphatic rings. The monoisotopic (exact) mass is 248 g/mol. The second-order valence-corrected chi connectivity index (χ2v) is 3.97. The molecule has 88 valence electrons. The number of rotatable bonds is 3. The number of anilines is 2. The number of halogens is 1. The lowest BCUT2D eigenvalue weighted by Crippen LogP contribution is -2.11. The van der Waals surface area contributed by atoms with Gasteiger partial charge < -0.3 is 9.64 Å². The van der Waals surface area contributed by atoms with Crippen LogP contribution in [0.1, 0.15) is 0 Å². The predicted molar refractivity (Wildman–Crippen MR) is 70.3 cm³/mol. The van der Waals surface area contributed by atoms with Crippen LogP contribution in [0.2, 0.25) is 5.15 Å². The number of pyridine rings is 1. The van der Waals surface area contributed by atoms with Gasteiger partial charge in [-0.3, -0.25) is 0 Å². The molecular weight excluding hydrogens is 236 g/mol. The van der Waals surface area contributed by atoms with Crippen molar-refractivity contribution in [2.75, 3.05) is 19.1 Å². The van der Waals surface area contributed by atoms with E-state index in [1.165, 1.54) is 0 Å². The number of ether oxygens (including phenoxy) is 1. The van der Waals surface area contributed by atoms with Gasteiger partial charge in [0.15, 0.2) is 0 Å². The van der Waals surface area contributed by atoms with Gasteiger partial charge in [-0.25, -0.2) is 4.98 Å². The van der Waals surface area contributed by atoms with E-state index in [1.807, 2.05) is 48.3 Å². The second-order valence-electron chi connectivity index (χ2n) is 3.58. The summed E-state index contributed by atoms with van der Waals surface area (Å²) in [5.74, 6) is 1.61. The molecule has 0 saturated carbocycles. The molecule has 2 aromatic rings. The third-order valence-electron chi connectivity index (χ3n) is 2.48. The van der Waals surface area contributed by atoms with E-state index in [0.29, 0.717) is 5.15 Å². The lowest BCUT2D eigenvalue weighted by atomic mass is 10.2. The number of aromatic nitrogens is 1. The molecule has 1 aromatic carbocycles. The van der Waals surface area contributed by atoms with Gasteiger partial charge in [0.05, 0.1) is 7.11 Å². The van der Waals surface area contributed by atoms with Crippen LogP contribution in [0.15, 0.2) is 42.5 Å². The molecule has 17 heavy (non-hydrogen) atoms. The highest BCUT2D eigenvalue weighted by Crippen LogP contribution is 2.25. The summed E-state index contributed by atoms with van der Waals surface area (Å²) < 4.78 is 5.19. The maximum Gasteiger partial charge on any atom is 0.134 e. The van der Waals surface area contributed by atoms with Crippen molar-refractivity contribution in [1.29, 1.82) is 0 Å². The fourth-order valence-corrected chi connectivity index (χ4v) is 1.70. The molecule has 0 bridgehead atoms. The average Bonchev–Trinajstić information content (AvgIpc) is 2.38. The minimum absolute atomic E-state index is 0.484. The highest BCUT2D eigenvalue weighted by Gasteiger charge is 2.06. The van der Waals surface area contributed by atoms with Gasteiger partial charge in [-0.1, -0.05) is 23.7 Å². The number of nitrogens with zero attached hydrogens (tertiary/aromatic N) is 2. The zero-order chi connectivity index (χ0) is 12.3. The van der Waals surface area contributed by atoms with Crippen LogP contribution in [0.25, 0.3) is 0 Å². The molecule has 2 rings (SSSR count). The largest absolute Gasteiger partial charge is 0.497 e. The molecule has 1 heterocycles. The van der Waals surface area contributed by atoms with Gasteiger partial charge in [0, 0.05) is 18.8 Å². The van der Waals surface area contributed by atoms with Crippen molar-refractivity contribution < 1.29 is 4.74 Å². The minimum atomic E-state index is 0.484. The normalized spacial score (nSPS) is 10.1. The first-order chi connectivity index (χ1) is 8.20. The zero-order valence-corrected chi connectivity index (χ0v) is 10.5. The summed E-state index contributed by atoms with van der Waals surface area (Å²) in [5.41, 5.74) is 0.999. The smallest absolute Gasteiger partial charge is 0.134 e. The Hall–Kier alpha value is -1.74. The topological polar surface area (TPSA) is 25.4 Å². The van der Waals surface area contributed by atoms with Crippen LogP contribution in [0.3, 0.4) is 0 Å². The summed E-state index contributed by atoms with van der Waals surface area (Å²) in [5, 5.41) is 0.484.